The number of nitrogens with zero attached hydrogens (tertiary/aromatic N) is 4. The molecular formula is C24H26N4O3S2. The number of hydrogen-bond donors (Lipinski definition) is 0. The van der Waals surface area contributed by atoms with Gasteiger partial charge in [0.1, 0.15) is 23.1 Å². The SMILES string of the molecule is CC(=O)N1CCN(Cc2ccc3c(c2)CN(C(=O)c2csc(-c4cccs4)n2)CCO3)CC1. The molecule has 2 aliphatic heterocycles. The van der Waals surface area contributed by atoms with Crippen molar-refractivity contribution in [2.24, 2.45) is 0 Å². The standard InChI is InChI=1S/C24H26N4O3S2/c1-17(29)27-8-6-26(7-9-27)14-18-4-5-21-19(13-18)15-28(10-11-31-21)24(30)20-16-33-23(25-20)22-3-2-12-32-22/h2-5,12-13,16H,6-11,14-15H2,1H3. The molecule has 0 atom stereocenters. The number of fused-ring (bicyclic) bond motifs is 1. The minimum Gasteiger partial charge on any atom is -0.491 e. The molecule has 0 N–H and O–H groups in total. The number of carbonyl (C=O) groups is 2. The highest BCUT2D eigenvalue weighted by Gasteiger charge is 2.24. The molecule has 0 bridgehead atoms. The van der Waals surface area contributed by atoms with E-state index in [1.165, 1.54) is 16.9 Å². The Morgan fingerprint density at radius 2 is 1.91 bits per heavy atom. The molecule has 33 heavy (non-hydrogen) atoms. The van der Waals surface area contributed by atoms with Crippen LogP contribution in [0.25, 0.3) is 9.88 Å². The van der Waals surface area contributed by atoms with Crippen LogP contribution in [0.3, 0.4) is 0 Å². The van der Waals surface area contributed by atoms with Crippen molar-refractivity contribution < 1.29 is 14.3 Å². The lowest BCUT2D eigenvalue weighted by Gasteiger charge is -2.34. The van der Waals surface area contributed by atoms with Gasteiger partial charge in [0.15, 0.2) is 0 Å². The number of carbonyl (C=O) groups excluding carboxylic acids is 2. The highest BCUT2D eigenvalue weighted by molar-refractivity contribution is 7.20. The molecular weight excluding hydrogens is 456 g/mol. The summed E-state index contributed by atoms with van der Waals surface area (Å²) in [5.41, 5.74) is 2.71. The number of hydrogen-bond acceptors (Lipinski definition) is 7. The summed E-state index contributed by atoms with van der Waals surface area (Å²) in [4.78, 5) is 36.5. The van der Waals surface area contributed by atoms with E-state index >= 15 is 0 Å². The Morgan fingerprint density at radius 1 is 1.06 bits per heavy atom. The highest BCUT2D eigenvalue weighted by atomic mass is 32.1. The third kappa shape index (κ3) is 4.95. The lowest BCUT2D eigenvalue weighted by molar-refractivity contribution is -0.130. The summed E-state index contributed by atoms with van der Waals surface area (Å²) in [5, 5.41) is 4.75. The first-order valence-electron chi connectivity index (χ1n) is 11.1. The monoisotopic (exact) mass is 482 g/mol. The molecule has 0 radical (unpaired) electrons. The third-order valence-corrected chi connectivity index (χ3v) is 7.95. The van der Waals surface area contributed by atoms with Gasteiger partial charge in [-0.15, -0.1) is 22.7 Å². The number of rotatable bonds is 4. The van der Waals surface area contributed by atoms with Crippen LogP contribution in [0.4, 0.5) is 0 Å². The van der Waals surface area contributed by atoms with Gasteiger partial charge in [0.05, 0.1) is 11.4 Å². The van der Waals surface area contributed by atoms with E-state index in [-0.39, 0.29) is 11.8 Å². The molecule has 2 aromatic heterocycles. The van der Waals surface area contributed by atoms with Crippen LogP contribution in [0.2, 0.25) is 0 Å². The summed E-state index contributed by atoms with van der Waals surface area (Å²) in [6.45, 7) is 7.23. The molecule has 0 unspecified atom stereocenters. The summed E-state index contributed by atoms with van der Waals surface area (Å²) in [6, 6.07) is 10.3. The van der Waals surface area contributed by atoms with E-state index in [2.05, 4.69) is 22.0 Å². The molecule has 2 amide bonds. The van der Waals surface area contributed by atoms with Crippen LogP contribution in [0, 0.1) is 0 Å². The summed E-state index contributed by atoms with van der Waals surface area (Å²) in [5.74, 6) is 0.925. The minimum absolute atomic E-state index is 0.0590. The van der Waals surface area contributed by atoms with Crippen molar-refractivity contribution in [3.05, 3.63) is 57.9 Å². The Bertz CT molecular complexity index is 1140. The van der Waals surface area contributed by atoms with Crippen molar-refractivity contribution in [2.75, 3.05) is 39.3 Å². The topological polar surface area (TPSA) is 66.0 Å². The van der Waals surface area contributed by atoms with E-state index in [1.807, 2.05) is 38.8 Å². The summed E-state index contributed by atoms with van der Waals surface area (Å²) in [6.07, 6.45) is 0. The zero-order valence-corrected chi connectivity index (χ0v) is 20.2. The van der Waals surface area contributed by atoms with Gasteiger partial charge in [0.2, 0.25) is 5.91 Å². The van der Waals surface area contributed by atoms with Crippen LogP contribution in [0.1, 0.15) is 28.5 Å². The van der Waals surface area contributed by atoms with Crippen LogP contribution < -0.4 is 4.74 Å². The van der Waals surface area contributed by atoms with Gasteiger partial charge in [-0.2, -0.15) is 0 Å². The predicted molar refractivity (Wildman–Crippen MR) is 130 cm³/mol. The average Bonchev–Trinajstić information content (AvgIpc) is 3.48. The number of aromatic nitrogens is 1. The van der Waals surface area contributed by atoms with Gasteiger partial charge in [-0.25, -0.2) is 4.98 Å². The van der Waals surface area contributed by atoms with Crippen molar-refractivity contribution in [3.63, 3.8) is 0 Å². The van der Waals surface area contributed by atoms with Crippen LogP contribution in [-0.2, 0) is 17.9 Å². The maximum Gasteiger partial charge on any atom is 0.273 e. The van der Waals surface area contributed by atoms with Gasteiger partial charge in [-0.05, 0) is 29.1 Å². The molecule has 4 heterocycles. The second-order valence-corrected chi connectivity index (χ2v) is 10.1. The Morgan fingerprint density at radius 3 is 2.67 bits per heavy atom. The van der Waals surface area contributed by atoms with Crippen LogP contribution in [0.15, 0.2) is 41.1 Å². The zero-order chi connectivity index (χ0) is 22.8. The first-order chi connectivity index (χ1) is 16.1. The number of benzene rings is 1. The fourth-order valence-electron chi connectivity index (χ4n) is 4.25. The molecule has 1 fully saturated rings. The van der Waals surface area contributed by atoms with E-state index in [0.29, 0.717) is 25.4 Å². The minimum atomic E-state index is -0.0590. The number of amides is 2. The number of ether oxygens (including phenoxy) is 1. The van der Waals surface area contributed by atoms with Crippen molar-refractivity contribution >= 4 is 34.5 Å². The number of thiazole rings is 1. The fraction of sp³-hybridized carbons (Fsp3) is 0.375. The van der Waals surface area contributed by atoms with E-state index in [1.54, 1.807) is 18.3 Å². The maximum atomic E-state index is 13.2. The Balaban J connectivity index is 1.27. The Labute approximate surface area is 201 Å². The van der Waals surface area contributed by atoms with E-state index in [0.717, 1.165) is 53.9 Å². The van der Waals surface area contributed by atoms with Crippen LogP contribution in [-0.4, -0.2) is 70.8 Å². The molecule has 5 rings (SSSR count). The molecule has 7 nitrogen and oxygen atoms in total. The van der Waals surface area contributed by atoms with E-state index in [4.69, 9.17) is 4.74 Å². The average molecular weight is 483 g/mol. The normalized spacial score (nSPS) is 16.8. The van der Waals surface area contributed by atoms with Gasteiger partial charge in [0, 0.05) is 57.1 Å². The Kier molecular flexibility index (Phi) is 6.43. The predicted octanol–water partition coefficient (Wildman–Crippen LogP) is 3.57. The molecule has 1 aromatic carbocycles. The van der Waals surface area contributed by atoms with Gasteiger partial charge >= 0.3 is 0 Å². The van der Waals surface area contributed by atoms with E-state index in [9.17, 15) is 9.59 Å². The number of thiophene rings is 1. The Hall–Kier alpha value is -2.75. The van der Waals surface area contributed by atoms with Gasteiger partial charge in [-0.3, -0.25) is 14.5 Å². The zero-order valence-electron chi connectivity index (χ0n) is 18.5. The van der Waals surface area contributed by atoms with Gasteiger partial charge < -0.3 is 14.5 Å². The first kappa shape index (κ1) is 22.1. The molecule has 9 heteroatoms. The van der Waals surface area contributed by atoms with Crippen LogP contribution >= 0.6 is 22.7 Å². The molecule has 172 valence electrons. The lowest BCUT2D eigenvalue weighted by Crippen LogP contribution is -2.47. The van der Waals surface area contributed by atoms with Gasteiger partial charge in [0.25, 0.3) is 5.91 Å². The molecule has 1 saturated heterocycles. The summed E-state index contributed by atoms with van der Waals surface area (Å²) in [7, 11) is 0. The van der Waals surface area contributed by atoms with E-state index < -0.39 is 0 Å². The van der Waals surface area contributed by atoms with Crippen molar-refractivity contribution in [1.82, 2.24) is 19.7 Å². The smallest absolute Gasteiger partial charge is 0.273 e. The second-order valence-electron chi connectivity index (χ2n) is 8.31. The summed E-state index contributed by atoms with van der Waals surface area (Å²) < 4.78 is 5.95. The maximum absolute atomic E-state index is 13.2. The van der Waals surface area contributed by atoms with Crippen molar-refractivity contribution in [1.29, 1.82) is 0 Å². The third-order valence-electron chi connectivity index (χ3n) is 6.07. The molecule has 0 aliphatic carbocycles. The number of piperazine rings is 1. The fourth-order valence-corrected chi connectivity index (χ4v) is 5.85. The highest BCUT2D eigenvalue weighted by Crippen LogP contribution is 2.30. The molecule has 2 aliphatic rings. The summed E-state index contributed by atoms with van der Waals surface area (Å²) >= 11 is 3.13. The lowest BCUT2D eigenvalue weighted by atomic mass is 10.1. The molecule has 3 aromatic rings. The molecule has 0 spiro atoms. The second kappa shape index (κ2) is 9.62. The largest absolute Gasteiger partial charge is 0.491 e. The van der Waals surface area contributed by atoms with Gasteiger partial charge in [-0.1, -0.05) is 12.1 Å². The van der Waals surface area contributed by atoms with Crippen molar-refractivity contribution in [3.8, 4) is 15.6 Å². The van der Waals surface area contributed by atoms with Crippen LogP contribution in [0.5, 0.6) is 5.75 Å². The quantitative estimate of drug-likeness (QED) is 0.569. The first-order valence-corrected chi connectivity index (χ1v) is 12.8. The molecule has 0 saturated carbocycles. The van der Waals surface area contributed by atoms with Crippen molar-refractivity contribution in [2.45, 2.75) is 20.0 Å².